The van der Waals surface area contributed by atoms with Crippen LogP contribution in [-0.4, -0.2) is 34.3 Å². The van der Waals surface area contributed by atoms with Crippen molar-refractivity contribution in [1.29, 1.82) is 0 Å². The lowest BCUT2D eigenvalue weighted by Crippen LogP contribution is -2.19. The van der Waals surface area contributed by atoms with Crippen molar-refractivity contribution in [2.75, 3.05) is 20.6 Å². The SMILES string of the molecule is C=C[SiH](CCC)CCN(C)C. The predicted molar refractivity (Wildman–Crippen MR) is 55.8 cm³/mol. The minimum atomic E-state index is -0.547. The lowest BCUT2D eigenvalue weighted by atomic mass is 10.6. The summed E-state index contributed by atoms with van der Waals surface area (Å²) >= 11 is 0. The number of nitrogens with zero attached hydrogens (tertiary/aromatic N) is 1. The highest BCUT2D eigenvalue weighted by molar-refractivity contribution is 6.64. The third-order valence-corrected chi connectivity index (χ3v) is 4.93. The van der Waals surface area contributed by atoms with Crippen LogP contribution < -0.4 is 0 Å². The summed E-state index contributed by atoms with van der Waals surface area (Å²) in [6, 6.07) is 2.82. The molecule has 0 N–H and O–H groups in total. The van der Waals surface area contributed by atoms with Crippen molar-refractivity contribution in [3.05, 3.63) is 12.3 Å². The molecular weight excluding hydrogens is 150 g/mol. The van der Waals surface area contributed by atoms with Crippen LogP contribution in [-0.2, 0) is 0 Å². The van der Waals surface area contributed by atoms with Gasteiger partial charge in [-0.1, -0.05) is 19.4 Å². The molecule has 0 aliphatic rings. The van der Waals surface area contributed by atoms with Crippen molar-refractivity contribution in [3.63, 3.8) is 0 Å². The van der Waals surface area contributed by atoms with Gasteiger partial charge in [0.1, 0.15) is 0 Å². The maximum absolute atomic E-state index is 3.90. The molecule has 0 radical (unpaired) electrons. The molecular formula is C9H21NSi. The van der Waals surface area contributed by atoms with Gasteiger partial charge in [-0.2, -0.15) is 0 Å². The van der Waals surface area contributed by atoms with Crippen LogP contribution in [0.1, 0.15) is 13.3 Å². The van der Waals surface area contributed by atoms with Crippen LogP contribution in [0, 0.1) is 0 Å². The van der Waals surface area contributed by atoms with E-state index in [-0.39, 0.29) is 0 Å². The summed E-state index contributed by atoms with van der Waals surface area (Å²) in [6.07, 6.45) is 1.33. The zero-order valence-electron chi connectivity index (χ0n) is 8.14. The van der Waals surface area contributed by atoms with Gasteiger partial charge in [0, 0.05) is 0 Å². The lowest BCUT2D eigenvalue weighted by Gasteiger charge is -2.13. The highest BCUT2D eigenvalue weighted by Crippen LogP contribution is 2.03. The van der Waals surface area contributed by atoms with E-state index in [1.54, 1.807) is 0 Å². The van der Waals surface area contributed by atoms with E-state index < -0.39 is 8.80 Å². The van der Waals surface area contributed by atoms with E-state index in [0.29, 0.717) is 0 Å². The van der Waals surface area contributed by atoms with Gasteiger partial charge in [-0.3, -0.25) is 0 Å². The first kappa shape index (κ1) is 10.9. The second-order valence-corrected chi connectivity index (χ2v) is 6.52. The fraction of sp³-hybridized carbons (Fsp3) is 0.778. The summed E-state index contributed by atoms with van der Waals surface area (Å²) in [4.78, 5) is 2.26. The molecule has 0 aromatic carbocycles. The van der Waals surface area contributed by atoms with Crippen LogP contribution in [0.15, 0.2) is 12.3 Å². The highest BCUT2D eigenvalue weighted by Gasteiger charge is 2.04. The molecule has 0 aromatic rings. The molecule has 0 aliphatic heterocycles. The van der Waals surface area contributed by atoms with Crippen LogP contribution in [0.25, 0.3) is 0 Å². The Hall–Kier alpha value is -0.0831. The van der Waals surface area contributed by atoms with Crippen LogP contribution in [0.3, 0.4) is 0 Å². The second-order valence-electron chi connectivity index (χ2n) is 3.38. The average molecular weight is 171 g/mol. The fourth-order valence-corrected chi connectivity index (χ4v) is 3.52. The maximum Gasteiger partial charge on any atom is 0.0619 e. The van der Waals surface area contributed by atoms with Crippen LogP contribution in [0.4, 0.5) is 0 Å². The summed E-state index contributed by atoms with van der Waals surface area (Å²) < 4.78 is 0. The Morgan fingerprint density at radius 3 is 2.36 bits per heavy atom. The molecule has 0 bridgehead atoms. The summed E-state index contributed by atoms with van der Waals surface area (Å²) in [7, 11) is 3.73. The minimum Gasteiger partial charge on any atom is -0.310 e. The van der Waals surface area contributed by atoms with Crippen molar-refractivity contribution >= 4 is 8.80 Å². The zero-order valence-corrected chi connectivity index (χ0v) is 9.29. The normalized spacial score (nSPS) is 13.5. The largest absolute Gasteiger partial charge is 0.310 e. The van der Waals surface area contributed by atoms with Gasteiger partial charge >= 0.3 is 0 Å². The van der Waals surface area contributed by atoms with Crippen molar-refractivity contribution in [2.45, 2.75) is 25.4 Å². The first-order chi connectivity index (χ1) is 5.20. The molecule has 0 aliphatic carbocycles. The average Bonchev–Trinajstić information content (AvgIpc) is 1.97. The van der Waals surface area contributed by atoms with E-state index in [0.717, 1.165) is 0 Å². The molecule has 0 amide bonds. The van der Waals surface area contributed by atoms with E-state index in [1.165, 1.54) is 25.1 Å². The van der Waals surface area contributed by atoms with E-state index in [1.807, 2.05) is 0 Å². The molecule has 0 rings (SSSR count). The lowest BCUT2D eigenvalue weighted by molar-refractivity contribution is 0.432. The Kier molecular flexibility index (Phi) is 6.57. The molecule has 0 saturated heterocycles. The smallest absolute Gasteiger partial charge is 0.0619 e. The fourth-order valence-electron chi connectivity index (χ4n) is 1.17. The molecule has 0 spiro atoms. The second kappa shape index (κ2) is 6.62. The molecule has 0 fully saturated rings. The van der Waals surface area contributed by atoms with Gasteiger partial charge in [-0.05, 0) is 26.7 Å². The van der Waals surface area contributed by atoms with Gasteiger partial charge in [-0.25, -0.2) is 0 Å². The molecule has 2 heteroatoms. The van der Waals surface area contributed by atoms with Crippen LogP contribution in [0.2, 0.25) is 12.1 Å². The zero-order chi connectivity index (χ0) is 8.69. The van der Waals surface area contributed by atoms with Gasteiger partial charge in [-0.15, -0.1) is 12.3 Å². The summed E-state index contributed by atoms with van der Waals surface area (Å²) in [5.41, 5.74) is 2.23. The molecule has 1 atom stereocenters. The van der Waals surface area contributed by atoms with Crippen molar-refractivity contribution in [3.8, 4) is 0 Å². The van der Waals surface area contributed by atoms with Crippen molar-refractivity contribution in [2.24, 2.45) is 0 Å². The van der Waals surface area contributed by atoms with Gasteiger partial charge in [0.05, 0.1) is 8.80 Å². The Morgan fingerprint density at radius 1 is 1.36 bits per heavy atom. The van der Waals surface area contributed by atoms with Gasteiger partial charge < -0.3 is 4.90 Å². The Labute approximate surface area is 72.7 Å². The number of hydrogen-bond donors (Lipinski definition) is 0. The first-order valence-corrected chi connectivity index (χ1v) is 6.78. The Balaban J connectivity index is 3.43. The predicted octanol–water partition coefficient (Wildman–Crippen LogP) is 1.91. The van der Waals surface area contributed by atoms with E-state index in [2.05, 4.69) is 38.2 Å². The number of rotatable bonds is 6. The third-order valence-electron chi connectivity index (χ3n) is 1.94. The molecule has 0 aromatic heterocycles. The van der Waals surface area contributed by atoms with E-state index in [4.69, 9.17) is 0 Å². The maximum atomic E-state index is 3.90. The monoisotopic (exact) mass is 171 g/mol. The Morgan fingerprint density at radius 2 is 2.00 bits per heavy atom. The van der Waals surface area contributed by atoms with Gasteiger partial charge in [0.25, 0.3) is 0 Å². The highest BCUT2D eigenvalue weighted by atomic mass is 28.3. The number of hydrogen-bond acceptors (Lipinski definition) is 1. The summed E-state index contributed by atoms with van der Waals surface area (Å²) in [6.45, 7) is 7.40. The molecule has 11 heavy (non-hydrogen) atoms. The minimum absolute atomic E-state index is 0.547. The van der Waals surface area contributed by atoms with Crippen molar-refractivity contribution in [1.82, 2.24) is 4.90 Å². The van der Waals surface area contributed by atoms with Crippen molar-refractivity contribution < 1.29 is 0 Å². The summed E-state index contributed by atoms with van der Waals surface area (Å²) in [5, 5.41) is 0. The topological polar surface area (TPSA) is 3.24 Å². The third kappa shape index (κ3) is 6.32. The molecule has 0 heterocycles. The molecule has 1 unspecified atom stereocenters. The van der Waals surface area contributed by atoms with Gasteiger partial charge in [0.2, 0.25) is 0 Å². The van der Waals surface area contributed by atoms with Gasteiger partial charge in [0.15, 0.2) is 0 Å². The standard InChI is InChI=1S/C9H21NSi/c1-5-8-11(6-2)9-7-10(3)4/h6,11H,2,5,7-9H2,1,3-4H3. The summed E-state index contributed by atoms with van der Waals surface area (Å²) in [5.74, 6) is 0. The molecule has 0 saturated carbocycles. The van der Waals surface area contributed by atoms with Crippen LogP contribution in [0.5, 0.6) is 0 Å². The van der Waals surface area contributed by atoms with E-state index >= 15 is 0 Å². The quantitative estimate of drug-likeness (QED) is 0.552. The van der Waals surface area contributed by atoms with Crippen LogP contribution >= 0.6 is 0 Å². The molecule has 1 nitrogen and oxygen atoms in total. The van der Waals surface area contributed by atoms with E-state index in [9.17, 15) is 0 Å². The Bertz CT molecular complexity index is 102. The molecule has 66 valence electrons. The first-order valence-electron chi connectivity index (χ1n) is 4.48.